The summed E-state index contributed by atoms with van der Waals surface area (Å²) in [6.07, 6.45) is 0. The van der Waals surface area contributed by atoms with Crippen molar-refractivity contribution in [3.63, 3.8) is 0 Å². The molecule has 0 N–H and O–H groups in total. The van der Waals surface area contributed by atoms with E-state index in [0.717, 1.165) is 0 Å². The molecule has 14 heavy (non-hydrogen) atoms. The molecule has 0 saturated carbocycles. The molecule has 0 aromatic rings. The van der Waals surface area contributed by atoms with E-state index in [0.29, 0.717) is 26.4 Å². The Morgan fingerprint density at radius 2 is 1.36 bits per heavy atom. The topological polar surface area (TPSA) is 49.3 Å². The molecular weight excluding hydrogens is 205 g/mol. The van der Waals surface area contributed by atoms with E-state index in [4.69, 9.17) is 18.5 Å². The van der Waals surface area contributed by atoms with Gasteiger partial charge >= 0.3 is 0 Å². The van der Waals surface area contributed by atoms with E-state index in [1.54, 1.807) is 21.3 Å². The van der Waals surface area contributed by atoms with Crippen LogP contribution in [0.15, 0.2) is 4.74 Å². The summed E-state index contributed by atoms with van der Waals surface area (Å²) in [5, 5.41) is 0. The standard InChI is InChI=1S/C8H20NO4P/c1-9-14(4,12-7-5-10-2)13-8-6-11-3/h5-8H2,1-4H3. The van der Waals surface area contributed by atoms with Gasteiger partial charge in [-0.25, -0.2) is 0 Å². The first-order valence-electron chi connectivity index (χ1n) is 4.43. The van der Waals surface area contributed by atoms with Crippen LogP contribution in [0.25, 0.3) is 0 Å². The first-order chi connectivity index (χ1) is 6.68. The average molecular weight is 225 g/mol. The second-order valence-electron chi connectivity index (χ2n) is 2.66. The average Bonchev–Trinajstić information content (AvgIpc) is 2.19. The molecule has 0 heterocycles. The Morgan fingerprint density at radius 1 is 0.929 bits per heavy atom. The number of hydrogen-bond acceptors (Lipinski definition) is 5. The Bertz CT molecular complexity index is 172. The predicted molar refractivity (Wildman–Crippen MR) is 56.9 cm³/mol. The van der Waals surface area contributed by atoms with E-state index >= 15 is 0 Å². The molecule has 0 aliphatic carbocycles. The van der Waals surface area contributed by atoms with Gasteiger partial charge in [0.2, 0.25) is 7.51 Å². The zero-order valence-corrected chi connectivity index (χ0v) is 10.3. The molecule has 0 saturated heterocycles. The van der Waals surface area contributed by atoms with Crippen molar-refractivity contribution < 1.29 is 18.5 Å². The van der Waals surface area contributed by atoms with E-state index in [1.165, 1.54) is 0 Å². The third-order valence-corrected chi connectivity index (χ3v) is 3.65. The number of methoxy groups -OCH3 is 2. The molecule has 0 fully saturated rings. The lowest BCUT2D eigenvalue weighted by Crippen LogP contribution is -2.05. The van der Waals surface area contributed by atoms with Crippen LogP contribution in [0, 0.1) is 0 Å². The molecule has 0 unspecified atom stereocenters. The van der Waals surface area contributed by atoms with Crippen LogP contribution in [0.1, 0.15) is 0 Å². The Labute approximate surface area is 85.9 Å². The lowest BCUT2D eigenvalue weighted by molar-refractivity contribution is 0.119. The quantitative estimate of drug-likeness (QED) is 0.465. The molecule has 0 spiro atoms. The van der Waals surface area contributed by atoms with Gasteiger partial charge in [-0.2, -0.15) is 0 Å². The van der Waals surface area contributed by atoms with E-state index < -0.39 is 7.51 Å². The fourth-order valence-electron chi connectivity index (χ4n) is 0.733. The van der Waals surface area contributed by atoms with Gasteiger partial charge < -0.3 is 18.5 Å². The minimum atomic E-state index is -2.04. The number of nitrogens with zero attached hydrogens (tertiary/aromatic N) is 1. The van der Waals surface area contributed by atoms with Crippen LogP contribution in [0.3, 0.4) is 0 Å². The minimum absolute atomic E-state index is 0.505. The molecule has 86 valence electrons. The highest BCUT2D eigenvalue weighted by molar-refractivity contribution is 7.55. The van der Waals surface area contributed by atoms with E-state index in [9.17, 15) is 0 Å². The molecule has 0 aromatic heterocycles. The largest absolute Gasteiger partial charge is 0.382 e. The van der Waals surface area contributed by atoms with Crippen molar-refractivity contribution in [3.8, 4) is 0 Å². The summed E-state index contributed by atoms with van der Waals surface area (Å²) in [5.41, 5.74) is 0. The van der Waals surface area contributed by atoms with E-state index in [-0.39, 0.29) is 0 Å². The highest BCUT2D eigenvalue weighted by Gasteiger charge is 2.12. The minimum Gasteiger partial charge on any atom is -0.382 e. The number of hydrogen-bond donors (Lipinski definition) is 0. The van der Waals surface area contributed by atoms with E-state index in [1.807, 2.05) is 6.66 Å². The highest BCUT2D eigenvalue weighted by atomic mass is 31.2. The summed E-state index contributed by atoms with van der Waals surface area (Å²) in [5.74, 6) is 0. The van der Waals surface area contributed by atoms with Gasteiger partial charge in [-0.1, -0.05) is 0 Å². The first-order valence-corrected chi connectivity index (χ1v) is 6.46. The van der Waals surface area contributed by atoms with Crippen LogP contribution in [-0.2, 0) is 18.5 Å². The Hall–Kier alpha value is 0.0700. The van der Waals surface area contributed by atoms with Gasteiger partial charge in [-0.15, -0.1) is 0 Å². The van der Waals surface area contributed by atoms with Crippen molar-refractivity contribution in [1.29, 1.82) is 0 Å². The predicted octanol–water partition coefficient (Wildman–Crippen LogP) is 1.60. The fraction of sp³-hybridized carbons (Fsp3) is 1.00. The van der Waals surface area contributed by atoms with Crippen LogP contribution < -0.4 is 0 Å². The summed E-state index contributed by atoms with van der Waals surface area (Å²) < 4.78 is 24.9. The summed E-state index contributed by atoms with van der Waals surface area (Å²) >= 11 is 0. The maximum Gasteiger partial charge on any atom is 0.209 e. The SMILES string of the molecule is CN=P(C)(OCCOC)OCCOC. The zero-order valence-electron chi connectivity index (χ0n) is 9.36. The second-order valence-corrected chi connectivity index (χ2v) is 5.18. The molecule has 0 atom stereocenters. The molecule has 0 rings (SSSR count). The van der Waals surface area contributed by atoms with Crippen LogP contribution in [-0.4, -0.2) is 54.4 Å². The molecule has 0 radical (unpaired) electrons. The molecule has 5 nitrogen and oxygen atoms in total. The Balaban J connectivity index is 3.81. The molecule has 0 bridgehead atoms. The van der Waals surface area contributed by atoms with E-state index in [2.05, 4.69) is 4.74 Å². The van der Waals surface area contributed by atoms with Crippen molar-refractivity contribution in [2.24, 2.45) is 4.74 Å². The van der Waals surface area contributed by atoms with Crippen LogP contribution in [0.2, 0.25) is 0 Å². The normalized spacial score (nSPS) is 11.7. The maximum atomic E-state index is 5.51. The van der Waals surface area contributed by atoms with Crippen molar-refractivity contribution in [1.82, 2.24) is 0 Å². The fourth-order valence-corrected chi connectivity index (χ4v) is 1.86. The molecule has 0 aromatic carbocycles. The Morgan fingerprint density at radius 3 is 1.64 bits per heavy atom. The second kappa shape index (κ2) is 8.38. The molecule has 6 heteroatoms. The van der Waals surface area contributed by atoms with Crippen molar-refractivity contribution >= 4 is 7.51 Å². The maximum absolute atomic E-state index is 5.51. The number of ether oxygens (including phenoxy) is 2. The van der Waals surface area contributed by atoms with Gasteiger partial charge in [-0.05, 0) is 0 Å². The van der Waals surface area contributed by atoms with Gasteiger partial charge in [0.1, 0.15) is 0 Å². The molecule has 0 aliphatic rings. The lowest BCUT2D eigenvalue weighted by atomic mass is 10.8. The Kier molecular flexibility index (Phi) is 8.43. The van der Waals surface area contributed by atoms with Gasteiger partial charge in [0, 0.05) is 27.9 Å². The summed E-state index contributed by atoms with van der Waals surface area (Å²) in [6, 6.07) is 0. The third-order valence-electron chi connectivity index (χ3n) is 1.60. The molecule has 0 amide bonds. The summed E-state index contributed by atoms with van der Waals surface area (Å²) in [6.45, 7) is 3.99. The van der Waals surface area contributed by atoms with Crippen molar-refractivity contribution in [3.05, 3.63) is 0 Å². The lowest BCUT2D eigenvalue weighted by Gasteiger charge is -2.19. The molecule has 0 aliphatic heterocycles. The van der Waals surface area contributed by atoms with Crippen LogP contribution in [0.5, 0.6) is 0 Å². The van der Waals surface area contributed by atoms with Gasteiger partial charge in [0.05, 0.1) is 26.4 Å². The van der Waals surface area contributed by atoms with Crippen LogP contribution in [0.4, 0.5) is 0 Å². The first kappa shape index (κ1) is 14.1. The number of rotatable bonds is 8. The highest BCUT2D eigenvalue weighted by Crippen LogP contribution is 2.47. The van der Waals surface area contributed by atoms with Crippen LogP contribution >= 0.6 is 7.51 Å². The van der Waals surface area contributed by atoms with Crippen molar-refractivity contribution in [2.75, 3.05) is 54.4 Å². The summed E-state index contributed by atoms with van der Waals surface area (Å²) in [4.78, 5) is 0. The van der Waals surface area contributed by atoms with Crippen molar-refractivity contribution in [2.45, 2.75) is 0 Å². The van der Waals surface area contributed by atoms with Gasteiger partial charge in [0.25, 0.3) is 0 Å². The summed E-state index contributed by atoms with van der Waals surface area (Å²) in [7, 11) is 2.92. The smallest absolute Gasteiger partial charge is 0.209 e. The zero-order chi connectivity index (χ0) is 10.9. The van der Waals surface area contributed by atoms with Gasteiger partial charge in [0.15, 0.2) is 0 Å². The third kappa shape index (κ3) is 6.51. The monoisotopic (exact) mass is 225 g/mol. The van der Waals surface area contributed by atoms with Gasteiger partial charge in [-0.3, -0.25) is 4.74 Å². The molecular formula is C8H20NO4P.